The van der Waals surface area contributed by atoms with Crippen LogP contribution in [-0.4, -0.2) is 33.7 Å². The van der Waals surface area contributed by atoms with Gasteiger partial charge in [-0.15, -0.1) is 11.3 Å². The molecular weight excluding hydrogens is 557 g/mol. The molecule has 0 unspecified atom stereocenters. The molecule has 0 radical (unpaired) electrons. The standard InChI is InChI=1S/C29H25F3N4O4S/c1-3-38-23-12-7-18(14-24(23)39-4-2)17-40-20-10-8-19(9-11-20)33-28(37)22-16-27-34-21(25-6-5-13-41-25)15-26(29(30,31)32)36(27)35-22/h5-16H,3-4,17H2,1-2H3,(H,33,37). The van der Waals surface area contributed by atoms with Crippen molar-refractivity contribution in [2.45, 2.75) is 26.6 Å². The molecule has 2 aromatic carbocycles. The van der Waals surface area contributed by atoms with E-state index in [2.05, 4.69) is 15.4 Å². The van der Waals surface area contributed by atoms with Gasteiger partial charge in [-0.3, -0.25) is 4.79 Å². The molecule has 0 bridgehead atoms. The average molecular weight is 583 g/mol. The lowest BCUT2D eigenvalue weighted by Gasteiger charge is -2.13. The van der Waals surface area contributed by atoms with Crippen LogP contribution < -0.4 is 19.5 Å². The second-order valence-electron chi connectivity index (χ2n) is 8.72. The minimum atomic E-state index is -4.70. The third kappa shape index (κ3) is 6.43. The number of amides is 1. The lowest BCUT2D eigenvalue weighted by molar-refractivity contribution is -0.142. The molecule has 0 saturated heterocycles. The first-order chi connectivity index (χ1) is 19.7. The smallest absolute Gasteiger partial charge is 0.433 e. The summed E-state index contributed by atoms with van der Waals surface area (Å²) in [5.74, 6) is 1.19. The van der Waals surface area contributed by atoms with Gasteiger partial charge in [-0.1, -0.05) is 12.1 Å². The number of ether oxygens (including phenoxy) is 3. The van der Waals surface area contributed by atoms with Gasteiger partial charge in [0.05, 0.1) is 23.8 Å². The van der Waals surface area contributed by atoms with Crippen LogP contribution in [0.25, 0.3) is 16.2 Å². The van der Waals surface area contributed by atoms with Crippen molar-refractivity contribution in [2.75, 3.05) is 18.5 Å². The Morgan fingerprint density at radius 2 is 1.71 bits per heavy atom. The van der Waals surface area contributed by atoms with Gasteiger partial charge in [0.15, 0.2) is 28.5 Å². The molecule has 3 heterocycles. The number of halogens is 3. The summed E-state index contributed by atoms with van der Waals surface area (Å²) in [4.78, 5) is 17.7. The van der Waals surface area contributed by atoms with Gasteiger partial charge in [0, 0.05) is 11.8 Å². The normalized spacial score (nSPS) is 11.4. The maximum Gasteiger partial charge on any atom is 0.433 e. The van der Waals surface area contributed by atoms with E-state index in [1.165, 1.54) is 17.4 Å². The van der Waals surface area contributed by atoms with Gasteiger partial charge in [0.2, 0.25) is 0 Å². The molecule has 0 atom stereocenters. The van der Waals surface area contributed by atoms with Crippen LogP contribution in [0.1, 0.15) is 35.6 Å². The summed E-state index contributed by atoms with van der Waals surface area (Å²) in [7, 11) is 0. The van der Waals surface area contributed by atoms with Crippen LogP contribution in [0, 0.1) is 0 Å². The summed E-state index contributed by atoms with van der Waals surface area (Å²) in [5, 5.41) is 8.30. The molecule has 0 fully saturated rings. The van der Waals surface area contributed by atoms with Gasteiger partial charge < -0.3 is 19.5 Å². The largest absolute Gasteiger partial charge is 0.490 e. The highest BCUT2D eigenvalue weighted by Gasteiger charge is 2.35. The fourth-order valence-electron chi connectivity index (χ4n) is 4.02. The number of carbonyl (C=O) groups excluding carboxylic acids is 1. The Labute approximate surface area is 237 Å². The highest BCUT2D eigenvalue weighted by Crippen LogP contribution is 2.34. The molecule has 0 spiro atoms. The molecule has 1 N–H and O–H groups in total. The molecule has 0 saturated carbocycles. The summed E-state index contributed by atoms with van der Waals surface area (Å²) in [6.07, 6.45) is -4.70. The summed E-state index contributed by atoms with van der Waals surface area (Å²) in [6, 6.07) is 17.7. The van der Waals surface area contributed by atoms with Gasteiger partial charge in [0.25, 0.3) is 5.91 Å². The Balaban J connectivity index is 1.28. The summed E-state index contributed by atoms with van der Waals surface area (Å²) in [5.41, 5.74) is 0.151. The Kier molecular flexibility index (Phi) is 8.11. The summed E-state index contributed by atoms with van der Waals surface area (Å²) >= 11 is 1.27. The van der Waals surface area contributed by atoms with Crippen LogP contribution in [0.15, 0.2) is 72.1 Å². The average Bonchev–Trinajstić information content (AvgIpc) is 3.64. The number of nitrogens with zero attached hydrogens (tertiary/aromatic N) is 3. The molecule has 8 nitrogen and oxygen atoms in total. The Morgan fingerprint density at radius 1 is 0.951 bits per heavy atom. The van der Waals surface area contributed by atoms with Crippen molar-refractivity contribution in [1.82, 2.24) is 14.6 Å². The maximum absolute atomic E-state index is 13.8. The van der Waals surface area contributed by atoms with Crippen LogP contribution in [0.2, 0.25) is 0 Å². The fraction of sp³-hybridized carbons (Fsp3) is 0.207. The predicted octanol–water partition coefficient (Wildman–Crippen LogP) is 7.11. The molecule has 212 valence electrons. The molecular formula is C29H25F3N4O4S. The molecule has 0 aliphatic carbocycles. The molecule has 12 heteroatoms. The number of anilines is 1. The third-order valence-electron chi connectivity index (χ3n) is 5.85. The van der Waals surface area contributed by atoms with Crippen molar-refractivity contribution < 1.29 is 32.2 Å². The van der Waals surface area contributed by atoms with E-state index >= 15 is 0 Å². The van der Waals surface area contributed by atoms with Crippen LogP contribution in [0.3, 0.4) is 0 Å². The Morgan fingerprint density at radius 3 is 2.39 bits per heavy atom. The number of thiophene rings is 1. The zero-order chi connectivity index (χ0) is 29.0. The van der Waals surface area contributed by atoms with Crippen molar-refractivity contribution in [1.29, 1.82) is 0 Å². The zero-order valence-corrected chi connectivity index (χ0v) is 22.9. The first-order valence-corrected chi connectivity index (χ1v) is 13.6. The number of carbonyl (C=O) groups is 1. The molecule has 0 aliphatic heterocycles. The summed E-state index contributed by atoms with van der Waals surface area (Å²) in [6.45, 7) is 5.11. The Bertz CT molecular complexity index is 1650. The monoisotopic (exact) mass is 582 g/mol. The van der Waals surface area contributed by atoms with E-state index in [4.69, 9.17) is 14.2 Å². The number of hydrogen-bond acceptors (Lipinski definition) is 7. The molecule has 5 aromatic rings. The molecule has 0 aliphatic rings. The van der Waals surface area contributed by atoms with E-state index in [1.54, 1.807) is 41.8 Å². The van der Waals surface area contributed by atoms with Gasteiger partial charge in [0.1, 0.15) is 12.4 Å². The first-order valence-electron chi connectivity index (χ1n) is 12.7. The van der Waals surface area contributed by atoms with Gasteiger partial charge in [-0.25, -0.2) is 9.50 Å². The third-order valence-corrected chi connectivity index (χ3v) is 6.74. The lowest BCUT2D eigenvalue weighted by atomic mass is 10.2. The van der Waals surface area contributed by atoms with E-state index in [9.17, 15) is 18.0 Å². The second-order valence-corrected chi connectivity index (χ2v) is 9.66. The molecule has 41 heavy (non-hydrogen) atoms. The van der Waals surface area contributed by atoms with E-state index in [0.29, 0.717) is 45.5 Å². The molecule has 5 rings (SSSR count). The number of nitrogens with one attached hydrogen (secondary N) is 1. The topological polar surface area (TPSA) is 87.0 Å². The maximum atomic E-state index is 13.8. The number of hydrogen-bond donors (Lipinski definition) is 1. The number of alkyl halides is 3. The first kappa shape index (κ1) is 28.0. The fourth-order valence-corrected chi connectivity index (χ4v) is 4.71. The van der Waals surface area contributed by atoms with E-state index in [-0.39, 0.29) is 23.6 Å². The highest BCUT2D eigenvalue weighted by molar-refractivity contribution is 7.13. The highest BCUT2D eigenvalue weighted by atomic mass is 32.1. The summed E-state index contributed by atoms with van der Waals surface area (Å²) < 4.78 is 59.1. The number of fused-ring (bicyclic) bond motifs is 1. The van der Waals surface area contributed by atoms with Crippen LogP contribution in [-0.2, 0) is 12.8 Å². The Hall–Kier alpha value is -4.58. The lowest BCUT2D eigenvalue weighted by Crippen LogP contribution is -2.15. The SMILES string of the molecule is CCOc1ccc(COc2ccc(NC(=O)c3cc4nc(-c5cccs5)cc(C(F)(F)F)n4n3)cc2)cc1OCC. The van der Waals surface area contributed by atoms with E-state index < -0.39 is 17.8 Å². The van der Waals surface area contributed by atoms with Crippen LogP contribution >= 0.6 is 11.3 Å². The second kappa shape index (κ2) is 11.9. The predicted molar refractivity (Wildman–Crippen MR) is 149 cm³/mol. The van der Waals surface area contributed by atoms with Crippen LogP contribution in [0.4, 0.5) is 18.9 Å². The van der Waals surface area contributed by atoms with Gasteiger partial charge in [-0.05, 0) is 73.3 Å². The molecule has 1 amide bonds. The van der Waals surface area contributed by atoms with Crippen molar-refractivity contribution in [3.8, 4) is 27.8 Å². The van der Waals surface area contributed by atoms with Gasteiger partial charge in [-0.2, -0.15) is 18.3 Å². The number of aromatic nitrogens is 3. The van der Waals surface area contributed by atoms with Crippen molar-refractivity contribution in [3.63, 3.8) is 0 Å². The van der Waals surface area contributed by atoms with Crippen molar-refractivity contribution in [2.24, 2.45) is 0 Å². The quantitative estimate of drug-likeness (QED) is 0.189. The minimum Gasteiger partial charge on any atom is -0.490 e. The van der Waals surface area contributed by atoms with Gasteiger partial charge >= 0.3 is 6.18 Å². The zero-order valence-electron chi connectivity index (χ0n) is 22.1. The van der Waals surface area contributed by atoms with Crippen molar-refractivity contribution >= 4 is 28.6 Å². The molecule has 3 aromatic heterocycles. The van der Waals surface area contributed by atoms with Crippen LogP contribution in [0.5, 0.6) is 17.2 Å². The minimum absolute atomic E-state index is 0.0843. The number of rotatable bonds is 10. The van der Waals surface area contributed by atoms with E-state index in [1.807, 2.05) is 32.0 Å². The number of benzene rings is 2. The van der Waals surface area contributed by atoms with E-state index in [0.717, 1.165) is 11.6 Å². The van der Waals surface area contributed by atoms with Crippen molar-refractivity contribution in [3.05, 3.63) is 89.1 Å².